The van der Waals surface area contributed by atoms with Crippen molar-refractivity contribution in [3.63, 3.8) is 0 Å². The van der Waals surface area contributed by atoms with Crippen LogP contribution in [0.1, 0.15) is 26.2 Å². The van der Waals surface area contributed by atoms with Gasteiger partial charge in [0.1, 0.15) is 5.54 Å². The minimum absolute atomic E-state index is 0.584. The SMILES string of the molecule is COCCCOCCOCCCC(C)(N)C#N. The van der Waals surface area contributed by atoms with Gasteiger partial charge in [-0.25, -0.2) is 0 Å². The lowest BCUT2D eigenvalue weighted by Gasteiger charge is -2.14. The largest absolute Gasteiger partial charge is 0.385 e. The first-order chi connectivity index (χ1) is 8.12. The van der Waals surface area contributed by atoms with Crippen molar-refractivity contribution in [2.45, 2.75) is 31.7 Å². The number of rotatable bonds is 11. The summed E-state index contributed by atoms with van der Waals surface area (Å²) in [4.78, 5) is 0. The first-order valence-electron chi connectivity index (χ1n) is 5.97. The highest BCUT2D eigenvalue weighted by molar-refractivity contribution is 5.00. The Kier molecular flexibility index (Phi) is 10.1. The van der Waals surface area contributed by atoms with Crippen molar-refractivity contribution in [2.24, 2.45) is 5.73 Å². The van der Waals surface area contributed by atoms with Gasteiger partial charge in [0.2, 0.25) is 0 Å². The second-order valence-electron chi connectivity index (χ2n) is 4.20. The summed E-state index contributed by atoms with van der Waals surface area (Å²) in [6.45, 7) is 4.96. The molecule has 0 amide bonds. The zero-order chi connectivity index (χ0) is 13.0. The number of ether oxygens (including phenoxy) is 3. The summed E-state index contributed by atoms with van der Waals surface area (Å²) in [6, 6.07) is 2.06. The Labute approximate surface area is 104 Å². The van der Waals surface area contributed by atoms with E-state index in [1.165, 1.54) is 0 Å². The zero-order valence-electron chi connectivity index (χ0n) is 10.9. The monoisotopic (exact) mass is 244 g/mol. The predicted octanol–water partition coefficient (Wildman–Crippen LogP) is 1.08. The fraction of sp³-hybridized carbons (Fsp3) is 0.917. The summed E-state index contributed by atoms with van der Waals surface area (Å²) < 4.78 is 15.6. The number of nitrogens with two attached hydrogens (primary N) is 1. The Morgan fingerprint density at radius 1 is 1.06 bits per heavy atom. The fourth-order valence-electron chi connectivity index (χ4n) is 1.22. The summed E-state index contributed by atoms with van der Waals surface area (Å²) in [5, 5.41) is 8.69. The Balaban J connectivity index is 3.12. The molecule has 1 atom stereocenters. The molecule has 0 saturated heterocycles. The first-order valence-corrected chi connectivity index (χ1v) is 5.97. The van der Waals surface area contributed by atoms with Gasteiger partial charge >= 0.3 is 0 Å². The lowest BCUT2D eigenvalue weighted by Crippen LogP contribution is -2.34. The molecule has 0 aromatic rings. The number of hydrogen-bond acceptors (Lipinski definition) is 5. The fourth-order valence-corrected chi connectivity index (χ4v) is 1.22. The van der Waals surface area contributed by atoms with Gasteiger partial charge in [-0.15, -0.1) is 0 Å². The van der Waals surface area contributed by atoms with Crippen molar-refractivity contribution in [1.82, 2.24) is 0 Å². The summed E-state index contributed by atoms with van der Waals surface area (Å²) in [6.07, 6.45) is 2.35. The molecule has 0 heterocycles. The van der Waals surface area contributed by atoms with Gasteiger partial charge in [-0.05, 0) is 26.2 Å². The maximum absolute atomic E-state index is 8.69. The van der Waals surface area contributed by atoms with E-state index in [1.807, 2.05) is 0 Å². The molecule has 5 heteroatoms. The second-order valence-corrected chi connectivity index (χ2v) is 4.20. The molecule has 0 bridgehead atoms. The molecule has 0 fully saturated rings. The van der Waals surface area contributed by atoms with Gasteiger partial charge in [0.25, 0.3) is 0 Å². The molecule has 0 saturated carbocycles. The van der Waals surface area contributed by atoms with Crippen molar-refractivity contribution >= 4 is 0 Å². The highest BCUT2D eigenvalue weighted by atomic mass is 16.5. The Hall–Kier alpha value is -0.670. The van der Waals surface area contributed by atoms with Crippen LogP contribution >= 0.6 is 0 Å². The Morgan fingerprint density at radius 2 is 1.65 bits per heavy atom. The normalized spacial score (nSPS) is 14.2. The average Bonchev–Trinajstić information content (AvgIpc) is 2.31. The minimum Gasteiger partial charge on any atom is -0.385 e. The molecule has 100 valence electrons. The standard InChI is InChI=1S/C12H24N2O3/c1-12(14,11-13)5-3-7-16-9-10-17-8-4-6-15-2/h3-10,14H2,1-2H3. The summed E-state index contributed by atoms with van der Waals surface area (Å²) in [5.41, 5.74) is 4.94. The van der Waals surface area contributed by atoms with E-state index in [-0.39, 0.29) is 0 Å². The van der Waals surface area contributed by atoms with Crippen LogP contribution in [0.15, 0.2) is 0 Å². The van der Waals surface area contributed by atoms with Crippen molar-refractivity contribution in [3.8, 4) is 6.07 Å². The number of nitrogens with zero attached hydrogens (tertiary/aromatic N) is 1. The molecule has 2 N–H and O–H groups in total. The van der Waals surface area contributed by atoms with E-state index in [0.29, 0.717) is 32.8 Å². The maximum Gasteiger partial charge on any atom is 0.101 e. The van der Waals surface area contributed by atoms with E-state index in [9.17, 15) is 0 Å². The molecule has 0 aromatic carbocycles. The molecule has 0 aliphatic carbocycles. The zero-order valence-corrected chi connectivity index (χ0v) is 10.9. The van der Waals surface area contributed by atoms with E-state index < -0.39 is 5.54 Å². The third kappa shape index (κ3) is 11.6. The quantitative estimate of drug-likeness (QED) is 0.550. The van der Waals surface area contributed by atoms with Crippen LogP contribution in [-0.2, 0) is 14.2 Å². The highest BCUT2D eigenvalue weighted by Crippen LogP contribution is 2.06. The van der Waals surface area contributed by atoms with Gasteiger partial charge in [0.05, 0.1) is 19.3 Å². The summed E-state index contributed by atoms with van der Waals surface area (Å²) >= 11 is 0. The molecule has 0 rings (SSSR count). The van der Waals surface area contributed by atoms with Gasteiger partial charge in [-0.2, -0.15) is 5.26 Å². The van der Waals surface area contributed by atoms with Crippen LogP contribution in [0.3, 0.4) is 0 Å². The molecule has 0 aromatic heterocycles. The highest BCUT2D eigenvalue weighted by Gasteiger charge is 2.15. The van der Waals surface area contributed by atoms with Crippen LogP contribution < -0.4 is 5.73 Å². The van der Waals surface area contributed by atoms with Gasteiger partial charge in [0, 0.05) is 26.9 Å². The first kappa shape index (κ1) is 16.3. The molecule has 0 aliphatic heterocycles. The summed E-state index contributed by atoms with van der Waals surface area (Å²) in [5.74, 6) is 0. The molecular formula is C12H24N2O3. The van der Waals surface area contributed by atoms with Gasteiger partial charge in [0.15, 0.2) is 0 Å². The second kappa shape index (κ2) is 10.5. The molecule has 0 aliphatic rings. The minimum atomic E-state index is -0.736. The van der Waals surface area contributed by atoms with Crippen molar-refractivity contribution in [2.75, 3.05) is 40.1 Å². The third-order valence-electron chi connectivity index (χ3n) is 2.25. The molecule has 0 radical (unpaired) electrons. The van der Waals surface area contributed by atoms with Crippen LogP contribution in [0.25, 0.3) is 0 Å². The summed E-state index contributed by atoms with van der Waals surface area (Å²) in [7, 11) is 1.68. The van der Waals surface area contributed by atoms with Crippen LogP contribution in [0.2, 0.25) is 0 Å². The van der Waals surface area contributed by atoms with Gasteiger partial charge < -0.3 is 19.9 Å². The molecule has 0 spiro atoms. The van der Waals surface area contributed by atoms with Gasteiger partial charge in [-0.1, -0.05) is 0 Å². The van der Waals surface area contributed by atoms with Crippen LogP contribution in [0.5, 0.6) is 0 Å². The molecule has 17 heavy (non-hydrogen) atoms. The van der Waals surface area contributed by atoms with Gasteiger partial charge in [-0.3, -0.25) is 0 Å². The van der Waals surface area contributed by atoms with E-state index in [0.717, 1.165) is 19.4 Å². The van der Waals surface area contributed by atoms with Crippen molar-refractivity contribution in [3.05, 3.63) is 0 Å². The lowest BCUT2D eigenvalue weighted by atomic mass is 10.00. The van der Waals surface area contributed by atoms with Crippen LogP contribution in [-0.4, -0.2) is 45.7 Å². The predicted molar refractivity (Wildman–Crippen MR) is 65.6 cm³/mol. The van der Waals surface area contributed by atoms with Crippen LogP contribution in [0, 0.1) is 11.3 Å². The smallest absolute Gasteiger partial charge is 0.101 e. The van der Waals surface area contributed by atoms with E-state index in [2.05, 4.69) is 6.07 Å². The van der Waals surface area contributed by atoms with Crippen LogP contribution in [0.4, 0.5) is 0 Å². The third-order valence-corrected chi connectivity index (χ3v) is 2.25. The number of methoxy groups -OCH3 is 1. The topological polar surface area (TPSA) is 77.5 Å². The lowest BCUT2D eigenvalue weighted by molar-refractivity contribution is 0.0381. The Morgan fingerprint density at radius 3 is 2.18 bits per heavy atom. The molecular weight excluding hydrogens is 220 g/mol. The average molecular weight is 244 g/mol. The van der Waals surface area contributed by atoms with E-state index in [1.54, 1.807) is 14.0 Å². The van der Waals surface area contributed by atoms with Crippen molar-refractivity contribution < 1.29 is 14.2 Å². The number of hydrogen-bond donors (Lipinski definition) is 1. The molecule has 5 nitrogen and oxygen atoms in total. The maximum atomic E-state index is 8.69. The van der Waals surface area contributed by atoms with Crippen molar-refractivity contribution in [1.29, 1.82) is 5.26 Å². The van der Waals surface area contributed by atoms with E-state index >= 15 is 0 Å². The van der Waals surface area contributed by atoms with E-state index in [4.69, 9.17) is 25.2 Å². The Bertz CT molecular complexity index is 214. The number of nitriles is 1. The molecule has 1 unspecified atom stereocenters.